The summed E-state index contributed by atoms with van der Waals surface area (Å²) in [4.78, 5) is 2.60. The normalized spacial score (nSPS) is 32.7. The lowest BCUT2D eigenvalue weighted by molar-refractivity contribution is -0.00495. The first-order valence-electron chi connectivity index (χ1n) is 20.4. The van der Waals surface area contributed by atoms with E-state index in [2.05, 4.69) is 132 Å². The van der Waals surface area contributed by atoms with E-state index in [4.69, 9.17) is 0 Å². The molecule has 5 aromatic carbocycles. The lowest BCUT2D eigenvalue weighted by Gasteiger charge is -2.56. The highest BCUT2D eigenvalue weighted by Gasteiger charge is 2.51. The van der Waals surface area contributed by atoms with E-state index in [-0.39, 0.29) is 0 Å². The van der Waals surface area contributed by atoms with Gasteiger partial charge in [0.05, 0.1) is 0 Å². The van der Waals surface area contributed by atoms with E-state index in [1.54, 1.807) is 11.1 Å². The van der Waals surface area contributed by atoms with Crippen molar-refractivity contribution in [3.63, 3.8) is 0 Å². The molecule has 1 nitrogen and oxygen atoms in total. The largest absolute Gasteiger partial charge is 0.310 e. The maximum Gasteiger partial charge on any atom is 0.0467 e. The van der Waals surface area contributed by atoms with Gasteiger partial charge < -0.3 is 4.90 Å². The van der Waals surface area contributed by atoms with Crippen LogP contribution in [0.4, 0.5) is 17.1 Å². The van der Waals surface area contributed by atoms with E-state index >= 15 is 0 Å². The van der Waals surface area contributed by atoms with Crippen LogP contribution in [0.1, 0.15) is 87.2 Å². The maximum atomic E-state index is 2.79. The Bertz CT molecular complexity index is 1810. The molecule has 0 saturated heterocycles. The lowest BCUT2D eigenvalue weighted by Crippen LogP contribution is -2.44. The van der Waals surface area contributed by atoms with Gasteiger partial charge in [0.1, 0.15) is 0 Å². The molecule has 0 spiro atoms. The summed E-state index contributed by atoms with van der Waals surface area (Å²) >= 11 is 0. The van der Waals surface area contributed by atoms with Crippen molar-refractivity contribution < 1.29 is 0 Å². The predicted octanol–water partition coefficient (Wildman–Crippen LogP) is 13.6. The SMILES string of the molecule is c1ccc(-c2ccc(N(c3ccc(-c4ccccc4)cc3)c3cc(C4C5CC6CC(C5)CC4C6)cc(C4C5CC6CC(C5)CC4C6)c3)cc2)cc1. The third-order valence-electron chi connectivity index (χ3n) is 14.9. The monoisotopic (exact) mass is 665 g/mol. The van der Waals surface area contributed by atoms with E-state index in [0.29, 0.717) is 0 Å². The molecule has 0 atom stereocenters. The van der Waals surface area contributed by atoms with Crippen LogP contribution in [0.15, 0.2) is 127 Å². The molecule has 5 aromatic rings. The summed E-state index contributed by atoms with van der Waals surface area (Å²) in [6.45, 7) is 0. The molecule has 1 heteroatoms. The Labute approximate surface area is 305 Å². The Kier molecular flexibility index (Phi) is 7.33. The smallest absolute Gasteiger partial charge is 0.0467 e. The predicted molar refractivity (Wildman–Crippen MR) is 212 cm³/mol. The minimum atomic E-state index is 0.732. The fourth-order valence-corrected chi connectivity index (χ4v) is 13.4. The first-order chi connectivity index (χ1) is 25.2. The van der Waals surface area contributed by atoms with Crippen LogP contribution in [-0.2, 0) is 0 Å². The molecule has 8 aliphatic rings. The highest BCUT2D eigenvalue weighted by molar-refractivity contribution is 5.80. The number of nitrogens with zero attached hydrogens (tertiary/aromatic N) is 1. The van der Waals surface area contributed by atoms with Crippen LogP contribution in [0, 0.1) is 47.3 Å². The quantitative estimate of drug-likeness (QED) is 0.167. The Hall–Kier alpha value is -4.10. The number of hydrogen-bond acceptors (Lipinski definition) is 1. The first-order valence-corrected chi connectivity index (χ1v) is 20.4. The van der Waals surface area contributed by atoms with Gasteiger partial charge in [-0.25, -0.2) is 0 Å². The number of benzene rings is 5. The molecule has 8 fully saturated rings. The molecule has 8 bridgehead atoms. The molecule has 0 heterocycles. The zero-order valence-electron chi connectivity index (χ0n) is 29.9. The highest BCUT2D eigenvalue weighted by Crippen LogP contribution is 2.63. The van der Waals surface area contributed by atoms with Crippen molar-refractivity contribution in [3.8, 4) is 22.3 Å². The number of anilines is 3. The first kappa shape index (κ1) is 30.5. The molecular formula is C50H51N. The summed E-state index contributed by atoms with van der Waals surface area (Å²) in [5.41, 5.74) is 12.3. The molecule has 8 saturated carbocycles. The zero-order valence-corrected chi connectivity index (χ0v) is 29.9. The van der Waals surface area contributed by atoms with Gasteiger partial charge in [-0.3, -0.25) is 0 Å². The molecule has 256 valence electrons. The summed E-state index contributed by atoms with van der Waals surface area (Å²) < 4.78 is 0. The van der Waals surface area contributed by atoms with Crippen molar-refractivity contribution in [1.82, 2.24) is 0 Å². The minimum absolute atomic E-state index is 0.732. The molecule has 51 heavy (non-hydrogen) atoms. The van der Waals surface area contributed by atoms with Gasteiger partial charge in [0.15, 0.2) is 0 Å². The maximum absolute atomic E-state index is 2.79. The summed E-state index contributed by atoms with van der Waals surface area (Å²) in [7, 11) is 0. The van der Waals surface area contributed by atoms with Crippen LogP contribution >= 0.6 is 0 Å². The summed E-state index contributed by atoms with van der Waals surface area (Å²) in [5.74, 6) is 8.98. The standard InChI is InChI=1S/C50H51N/c1-3-7-36(8-4-1)38-11-15-46(16-12-38)51(47-17-13-39(14-18-47)37-9-5-2-6-10-37)48-30-44(49-40-21-32-19-33(23-40)24-41(49)22-32)29-45(31-48)50-42-25-34-20-35(27-42)28-43(50)26-34/h1-18,29-35,40-43,49-50H,19-28H2. The number of hydrogen-bond donors (Lipinski definition) is 0. The minimum Gasteiger partial charge on any atom is -0.310 e. The second-order valence-electron chi connectivity index (χ2n) is 17.9. The Morgan fingerprint density at radius 3 is 1.00 bits per heavy atom. The molecule has 8 aliphatic carbocycles. The van der Waals surface area contributed by atoms with Crippen molar-refractivity contribution >= 4 is 17.1 Å². The molecule has 13 rings (SSSR count). The van der Waals surface area contributed by atoms with E-state index in [1.807, 2.05) is 0 Å². The summed E-state index contributed by atoms with van der Waals surface area (Å²) in [6, 6.07) is 48.6. The van der Waals surface area contributed by atoms with Gasteiger partial charge in [-0.05, 0) is 193 Å². The second-order valence-corrected chi connectivity index (χ2v) is 17.9. The lowest BCUT2D eigenvalue weighted by atomic mass is 9.49. The molecule has 0 aliphatic heterocycles. The second kappa shape index (κ2) is 12.3. The Balaban J connectivity index is 1.05. The van der Waals surface area contributed by atoms with Gasteiger partial charge >= 0.3 is 0 Å². The fraction of sp³-hybridized carbons (Fsp3) is 0.400. The molecule has 0 unspecified atom stereocenters. The average Bonchev–Trinajstić information content (AvgIpc) is 3.15. The van der Waals surface area contributed by atoms with E-state index in [0.717, 1.165) is 59.2 Å². The van der Waals surface area contributed by atoms with E-state index in [1.165, 1.54) is 104 Å². The van der Waals surface area contributed by atoms with Crippen LogP contribution in [0.3, 0.4) is 0 Å². The number of rotatable bonds is 7. The van der Waals surface area contributed by atoms with Gasteiger partial charge in [-0.2, -0.15) is 0 Å². The van der Waals surface area contributed by atoms with Gasteiger partial charge in [-0.1, -0.05) is 91.0 Å². The van der Waals surface area contributed by atoms with Crippen molar-refractivity contribution in [2.75, 3.05) is 4.90 Å². The summed E-state index contributed by atoms with van der Waals surface area (Å²) in [5, 5.41) is 0. The van der Waals surface area contributed by atoms with Crippen LogP contribution < -0.4 is 4.90 Å². The van der Waals surface area contributed by atoms with Gasteiger partial charge in [0.2, 0.25) is 0 Å². The fourth-order valence-electron chi connectivity index (χ4n) is 13.4. The molecular weight excluding hydrogens is 615 g/mol. The van der Waals surface area contributed by atoms with Crippen molar-refractivity contribution in [2.24, 2.45) is 47.3 Å². The third kappa shape index (κ3) is 5.41. The average molecular weight is 666 g/mol. The molecule has 0 radical (unpaired) electrons. The van der Waals surface area contributed by atoms with Crippen LogP contribution in [0.5, 0.6) is 0 Å². The van der Waals surface area contributed by atoms with E-state index < -0.39 is 0 Å². The molecule has 0 aromatic heterocycles. The van der Waals surface area contributed by atoms with Crippen LogP contribution in [0.2, 0.25) is 0 Å². The zero-order chi connectivity index (χ0) is 33.5. The molecule has 0 N–H and O–H groups in total. The van der Waals surface area contributed by atoms with E-state index in [9.17, 15) is 0 Å². The van der Waals surface area contributed by atoms with Gasteiger partial charge in [0.25, 0.3) is 0 Å². The topological polar surface area (TPSA) is 3.24 Å². The third-order valence-corrected chi connectivity index (χ3v) is 14.9. The summed E-state index contributed by atoms with van der Waals surface area (Å²) in [6.07, 6.45) is 14.8. The highest BCUT2D eigenvalue weighted by atomic mass is 15.1. The van der Waals surface area contributed by atoms with Crippen LogP contribution in [0.25, 0.3) is 22.3 Å². The Morgan fingerprint density at radius 2 is 0.647 bits per heavy atom. The Morgan fingerprint density at radius 1 is 0.314 bits per heavy atom. The molecule has 0 amide bonds. The van der Waals surface area contributed by atoms with Crippen molar-refractivity contribution in [3.05, 3.63) is 139 Å². The van der Waals surface area contributed by atoms with Gasteiger partial charge in [-0.15, -0.1) is 0 Å². The van der Waals surface area contributed by atoms with Crippen molar-refractivity contribution in [2.45, 2.75) is 76.0 Å². The van der Waals surface area contributed by atoms with Gasteiger partial charge in [0, 0.05) is 17.1 Å². The van der Waals surface area contributed by atoms with Crippen LogP contribution in [-0.4, -0.2) is 0 Å². The van der Waals surface area contributed by atoms with Crippen molar-refractivity contribution in [1.29, 1.82) is 0 Å².